The van der Waals surface area contributed by atoms with Gasteiger partial charge in [-0.2, -0.15) is 18.3 Å². The Balaban J connectivity index is 2.57. The minimum absolute atomic E-state index is 0.231. The van der Waals surface area contributed by atoms with Gasteiger partial charge in [0.15, 0.2) is 12.3 Å². The Bertz CT molecular complexity index is 805. The van der Waals surface area contributed by atoms with Gasteiger partial charge in [-0.15, -0.1) is 0 Å². The van der Waals surface area contributed by atoms with Crippen LogP contribution in [0.3, 0.4) is 0 Å². The average molecular weight is 387 g/mol. The van der Waals surface area contributed by atoms with E-state index in [1.165, 1.54) is 0 Å². The number of aromatic nitrogens is 2. The van der Waals surface area contributed by atoms with E-state index in [1.54, 1.807) is 0 Å². The van der Waals surface area contributed by atoms with Crippen molar-refractivity contribution < 1.29 is 32.2 Å². The van der Waals surface area contributed by atoms with Crippen molar-refractivity contribution in [3.8, 4) is 17.0 Å². The van der Waals surface area contributed by atoms with Crippen molar-refractivity contribution >= 4 is 29.2 Å². The number of ether oxygens (including phenoxy) is 1. The number of hydrogen-bond acceptors (Lipinski definition) is 3. The van der Waals surface area contributed by atoms with Gasteiger partial charge in [-0.05, 0) is 12.1 Å². The molecule has 130 valence electrons. The predicted octanol–water partition coefficient (Wildman–Crippen LogP) is 4.02. The van der Waals surface area contributed by atoms with Crippen LogP contribution < -0.4 is 4.74 Å². The van der Waals surface area contributed by atoms with E-state index in [1.807, 2.05) is 0 Å². The maximum absolute atomic E-state index is 14.1. The third-order valence-electron chi connectivity index (χ3n) is 2.89. The number of carboxylic acid groups (broad SMARTS) is 1. The number of carbonyl (C=O) groups is 1. The van der Waals surface area contributed by atoms with E-state index < -0.39 is 46.5 Å². The summed E-state index contributed by atoms with van der Waals surface area (Å²) in [4.78, 5) is 10.5. The third-order valence-corrected chi connectivity index (χ3v) is 3.54. The average Bonchev–Trinajstić information content (AvgIpc) is 2.72. The normalized spacial score (nSPS) is 11.6. The number of nitrogens with zero attached hydrogens (tertiary/aromatic N) is 2. The van der Waals surface area contributed by atoms with Crippen molar-refractivity contribution in [1.82, 2.24) is 9.78 Å². The molecule has 1 aromatic carbocycles. The zero-order chi connectivity index (χ0) is 18.2. The van der Waals surface area contributed by atoms with Crippen LogP contribution in [0.1, 0.15) is 5.69 Å². The first-order chi connectivity index (χ1) is 11.0. The van der Waals surface area contributed by atoms with E-state index >= 15 is 0 Å². The fourth-order valence-electron chi connectivity index (χ4n) is 1.94. The summed E-state index contributed by atoms with van der Waals surface area (Å²) in [5.41, 5.74) is -2.13. The molecule has 0 unspecified atom stereocenters. The molecular formula is C13H8Cl2F4N2O3. The molecular weight excluding hydrogens is 379 g/mol. The molecule has 0 amide bonds. The van der Waals surface area contributed by atoms with Crippen LogP contribution in [0.25, 0.3) is 11.3 Å². The van der Waals surface area contributed by atoms with Crippen molar-refractivity contribution in [3.63, 3.8) is 0 Å². The molecule has 2 rings (SSSR count). The maximum Gasteiger partial charge on any atom is 0.434 e. The van der Waals surface area contributed by atoms with Crippen molar-refractivity contribution in [1.29, 1.82) is 0 Å². The lowest BCUT2D eigenvalue weighted by Crippen LogP contribution is -2.12. The van der Waals surface area contributed by atoms with Crippen LogP contribution in [0, 0.1) is 5.82 Å². The second kappa shape index (κ2) is 6.48. The van der Waals surface area contributed by atoms with Crippen molar-refractivity contribution in [2.24, 2.45) is 7.05 Å². The highest BCUT2D eigenvalue weighted by molar-refractivity contribution is 6.34. The number of hydrogen-bond donors (Lipinski definition) is 1. The van der Waals surface area contributed by atoms with Crippen LogP contribution >= 0.6 is 23.2 Å². The highest BCUT2D eigenvalue weighted by atomic mass is 35.5. The largest absolute Gasteiger partial charge is 0.480 e. The Morgan fingerprint density at radius 1 is 1.38 bits per heavy atom. The van der Waals surface area contributed by atoms with Gasteiger partial charge in [0.1, 0.15) is 17.3 Å². The van der Waals surface area contributed by atoms with Crippen LogP contribution in [-0.4, -0.2) is 27.5 Å². The molecule has 0 saturated carbocycles. The van der Waals surface area contributed by atoms with Gasteiger partial charge >= 0.3 is 12.1 Å². The summed E-state index contributed by atoms with van der Waals surface area (Å²) >= 11 is 11.4. The van der Waals surface area contributed by atoms with E-state index in [0.29, 0.717) is 4.68 Å². The predicted molar refractivity (Wildman–Crippen MR) is 76.8 cm³/mol. The van der Waals surface area contributed by atoms with Crippen LogP contribution in [0.5, 0.6) is 5.75 Å². The molecule has 24 heavy (non-hydrogen) atoms. The molecule has 0 fully saturated rings. The fraction of sp³-hybridized carbons (Fsp3) is 0.231. The number of halogens is 6. The molecule has 0 saturated heterocycles. The highest BCUT2D eigenvalue weighted by Crippen LogP contribution is 2.41. The monoisotopic (exact) mass is 386 g/mol. The summed E-state index contributed by atoms with van der Waals surface area (Å²) in [7, 11) is 1.01. The Labute approximate surface area is 142 Å². The molecule has 0 aliphatic rings. The molecule has 11 heteroatoms. The van der Waals surface area contributed by atoms with Gasteiger partial charge in [0.05, 0.1) is 10.0 Å². The van der Waals surface area contributed by atoms with E-state index in [0.717, 1.165) is 19.2 Å². The Morgan fingerprint density at radius 2 is 2.00 bits per heavy atom. The Hall–Kier alpha value is -2.00. The lowest BCUT2D eigenvalue weighted by atomic mass is 10.1. The number of carboxylic acids is 1. The number of alkyl halides is 3. The van der Waals surface area contributed by atoms with E-state index in [-0.39, 0.29) is 10.8 Å². The minimum Gasteiger partial charge on any atom is -0.480 e. The van der Waals surface area contributed by atoms with Crippen LogP contribution in [-0.2, 0) is 18.0 Å². The number of aliphatic carboxylic acids is 1. The number of benzene rings is 1. The van der Waals surface area contributed by atoms with Crippen molar-refractivity contribution in [2.45, 2.75) is 6.18 Å². The highest BCUT2D eigenvalue weighted by Gasteiger charge is 2.39. The molecule has 0 spiro atoms. The van der Waals surface area contributed by atoms with Gasteiger partial charge in [-0.1, -0.05) is 23.2 Å². The standard InChI is InChI=1S/C13H8Cl2F4N2O3/c1-21-12(13(17,18)19)10(15)11(20-21)5-2-8(24-4-9(22)23)6(14)3-7(5)16/h2-3H,4H2,1H3,(H,22,23). The van der Waals surface area contributed by atoms with Gasteiger partial charge in [0.25, 0.3) is 0 Å². The zero-order valence-electron chi connectivity index (χ0n) is 11.8. The fourth-order valence-corrected chi connectivity index (χ4v) is 2.51. The number of rotatable bonds is 4. The first-order valence-corrected chi connectivity index (χ1v) is 6.91. The summed E-state index contributed by atoms with van der Waals surface area (Å²) in [5, 5.41) is 11.1. The van der Waals surface area contributed by atoms with Crippen LogP contribution in [0.15, 0.2) is 12.1 Å². The van der Waals surface area contributed by atoms with Crippen LogP contribution in [0.4, 0.5) is 17.6 Å². The first-order valence-electron chi connectivity index (χ1n) is 6.16. The van der Waals surface area contributed by atoms with E-state index in [9.17, 15) is 22.4 Å². The van der Waals surface area contributed by atoms with Gasteiger partial charge in [-0.3, -0.25) is 4.68 Å². The SMILES string of the molecule is Cn1nc(-c2cc(OCC(=O)O)c(Cl)cc2F)c(Cl)c1C(F)(F)F. The Kier molecular flexibility index (Phi) is 4.95. The second-order valence-corrected chi connectivity index (χ2v) is 5.36. The summed E-state index contributed by atoms with van der Waals surface area (Å²) in [6.07, 6.45) is -4.79. The maximum atomic E-state index is 14.1. The molecule has 1 N–H and O–H groups in total. The molecule has 0 aliphatic carbocycles. The molecule has 1 heterocycles. The number of aryl methyl sites for hydroxylation is 1. The smallest absolute Gasteiger partial charge is 0.434 e. The quantitative estimate of drug-likeness (QED) is 0.806. The molecule has 0 radical (unpaired) electrons. The summed E-state index contributed by atoms with van der Waals surface area (Å²) in [6.45, 7) is -0.769. The molecule has 1 aromatic heterocycles. The molecule has 2 aromatic rings. The van der Waals surface area contributed by atoms with Gasteiger partial charge < -0.3 is 9.84 Å². The van der Waals surface area contributed by atoms with Crippen molar-refractivity contribution in [3.05, 3.63) is 33.7 Å². The Morgan fingerprint density at radius 3 is 2.50 bits per heavy atom. The molecule has 5 nitrogen and oxygen atoms in total. The lowest BCUT2D eigenvalue weighted by Gasteiger charge is -2.09. The van der Waals surface area contributed by atoms with Gasteiger partial charge in [-0.25, -0.2) is 9.18 Å². The minimum atomic E-state index is -4.79. The van der Waals surface area contributed by atoms with E-state index in [2.05, 4.69) is 5.10 Å². The topological polar surface area (TPSA) is 64.4 Å². The molecule has 0 atom stereocenters. The van der Waals surface area contributed by atoms with E-state index in [4.69, 9.17) is 33.0 Å². The summed E-state index contributed by atoms with van der Waals surface area (Å²) in [6, 6.07) is 1.71. The molecule has 0 aliphatic heterocycles. The summed E-state index contributed by atoms with van der Waals surface area (Å²) in [5.74, 6) is -2.53. The summed E-state index contributed by atoms with van der Waals surface area (Å²) < 4.78 is 58.3. The first kappa shape index (κ1) is 18.3. The van der Waals surface area contributed by atoms with Crippen molar-refractivity contribution in [2.75, 3.05) is 6.61 Å². The lowest BCUT2D eigenvalue weighted by molar-refractivity contribution is -0.143. The molecule has 0 bridgehead atoms. The van der Waals surface area contributed by atoms with Crippen LogP contribution in [0.2, 0.25) is 10.0 Å². The van der Waals surface area contributed by atoms with Gasteiger partial charge in [0, 0.05) is 12.6 Å². The zero-order valence-corrected chi connectivity index (χ0v) is 13.3. The van der Waals surface area contributed by atoms with Gasteiger partial charge in [0.2, 0.25) is 0 Å². The third kappa shape index (κ3) is 3.57. The second-order valence-electron chi connectivity index (χ2n) is 4.58.